The van der Waals surface area contributed by atoms with Crippen LogP contribution < -0.4 is 0 Å². The maximum Gasteiger partial charge on any atom is 0.121 e. The second kappa shape index (κ2) is 2.84. The summed E-state index contributed by atoms with van der Waals surface area (Å²) in [6.07, 6.45) is 1.44. The zero-order valence-corrected chi connectivity index (χ0v) is 11.5. The molecule has 2 fully saturated rings. The zero-order chi connectivity index (χ0) is 11.6. The summed E-state index contributed by atoms with van der Waals surface area (Å²) in [7, 11) is 2.61. The van der Waals surface area contributed by atoms with Crippen LogP contribution >= 0.6 is 0 Å². The van der Waals surface area contributed by atoms with Gasteiger partial charge in [0.15, 0.2) is 0 Å². The van der Waals surface area contributed by atoms with E-state index >= 15 is 0 Å². The third-order valence-corrected chi connectivity index (χ3v) is 5.96. The minimum atomic E-state index is 0.541. The molecule has 2 aliphatic rings. The molecule has 15 heavy (non-hydrogen) atoms. The molecule has 4 unspecified atom stereocenters. The molecule has 0 amide bonds. The van der Waals surface area contributed by atoms with Crippen molar-refractivity contribution in [1.82, 2.24) is 0 Å². The highest BCUT2D eigenvalue weighted by atomic mass is 14.9. The van der Waals surface area contributed by atoms with Gasteiger partial charge in [0.2, 0.25) is 0 Å². The van der Waals surface area contributed by atoms with Gasteiger partial charge < -0.3 is 0 Å². The van der Waals surface area contributed by atoms with Gasteiger partial charge in [0, 0.05) is 0 Å². The first-order valence-corrected chi connectivity index (χ1v) is 6.58. The SMILES string of the molecule is CC(C)[B]C1(C)CC12C(C)C2(C)C(C)C. The zero-order valence-electron chi connectivity index (χ0n) is 11.5. The van der Waals surface area contributed by atoms with Crippen molar-refractivity contribution in [3.63, 3.8) is 0 Å². The van der Waals surface area contributed by atoms with Crippen molar-refractivity contribution in [2.75, 3.05) is 0 Å². The predicted octanol–water partition coefficient (Wildman–Crippen LogP) is 4.40. The van der Waals surface area contributed by atoms with E-state index in [2.05, 4.69) is 55.7 Å². The topological polar surface area (TPSA) is 0 Å². The van der Waals surface area contributed by atoms with Gasteiger partial charge in [-0.05, 0) is 29.1 Å². The first-order chi connectivity index (χ1) is 6.72. The summed E-state index contributed by atoms with van der Waals surface area (Å²) < 4.78 is 0. The van der Waals surface area contributed by atoms with Gasteiger partial charge in [-0.2, -0.15) is 0 Å². The van der Waals surface area contributed by atoms with Crippen LogP contribution in [0, 0.1) is 22.7 Å². The lowest BCUT2D eigenvalue weighted by molar-refractivity contribution is 0.330. The summed E-state index contributed by atoms with van der Waals surface area (Å²) >= 11 is 0. The van der Waals surface area contributed by atoms with E-state index in [0.717, 1.165) is 17.7 Å². The van der Waals surface area contributed by atoms with Crippen LogP contribution in [0.15, 0.2) is 0 Å². The molecule has 0 aromatic heterocycles. The fraction of sp³-hybridized carbons (Fsp3) is 1.00. The van der Waals surface area contributed by atoms with E-state index in [4.69, 9.17) is 0 Å². The molecule has 2 rings (SSSR count). The van der Waals surface area contributed by atoms with E-state index < -0.39 is 0 Å². The van der Waals surface area contributed by atoms with Gasteiger partial charge in [-0.15, -0.1) is 0 Å². The van der Waals surface area contributed by atoms with Crippen LogP contribution in [0.1, 0.15) is 54.9 Å². The van der Waals surface area contributed by atoms with Crippen LogP contribution in [0.2, 0.25) is 11.1 Å². The lowest BCUT2D eigenvalue weighted by Gasteiger charge is -2.19. The highest BCUT2D eigenvalue weighted by Crippen LogP contribution is 2.95. The normalized spacial score (nSPS) is 52.7. The van der Waals surface area contributed by atoms with Gasteiger partial charge in [-0.1, -0.05) is 59.6 Å². The van der Waals surface area contributed by atoms with Crippen molar-refractivity contribution in [3.05, 3.63) is 0 Å². The van der Waals surface area contributed by atoms with E-state index in [1.165, 1.54) is 6.42 Å². The van der Waals surface area contributed by atoms with Crippen molar-refractivity contribution in [1.29, 1.82) is 0 Å². The van der Waals surface area contributed by atoms with Gasteiger partial charge in [0.05, 0.1) is 0 Å². The summed E-state index contributed by atoms with van der Waals surface area (Å²) in [6, 6.07) is 0. The smallest absolute Gasteiger partial charge is 0.0738 e. The van der Waals surface area contributed by atoms with Crippen LogP contribution in [0.25, 0.3) is 0 Å². The quantitative estimate of drug-likeness (QED) is 0.599. The Hall–Kier alpha value is 0.0649. The largest absolute Gasteiger partial charge is 0.121 e. The molecular formula is C14H26B. The predicted molar refractivity (Wildman–Crippen MR) is 68.4 cm³/mol. The van der Waals surface area contributed by atoms with Gasteiger partial charge in [-0.25, -0.2) is 0 Å². The van der Waals surface area contributed by atoms with Crippen LogP contribution in [-0.4, -0.2) is 7.28 Å². The number of hydrogen-bond donors (Lipinski definition) is 0. The highest BCUT2D eigenvalue weighted by Gasteiger charge is 2.87. The first-order valence-electron chi connectivity index (χ1n) is 6.58. The Labute approximate surface area is 96.5 Å². The maximum absolute atomic E-state index is 2.61. The molecule has 1 radical (unpaired) electrons. The van der Waals surface area contributed by atoms with Crippen molar-refractivity contribution in [2.45, 2.75) is 66.0 Å². The lowest BCUT2D eigenvalue weighted by atomic mass is 9.52. The van der Waals surface area contributed by atoms with Gasteiger partial charge in [0.25, 0.3) is 0 Å². The van der Waals surface area contributed by atoms with Crippen LogP contribution in [-0.2, 0) is 0 Å². The molecule has 0 heterocycles. The van der Waals surface area contributed by atoms with Crippen LogP contribution in [0.3, 0.4) is 0 Å². The molecule has 0 aromatic carbocycles. The third-order valence-electron chi connectivity index (χ3n) is 5.96. The maximum atomic E-state index is 2.61. The van der Waals surface area contributed by atoms with E-state index in [1.54, 1.807) is 0 Å². The van der Waals surface area contributed by atoms with Gasteiger partial charge in [-0.3, -0.25) is 0 Å². The second-order valence-corrected chi connectivity index (χ2v) is 7.14. The van der Waals surface area contributed by atoms with Gasteiger partial charge >= 0.3 is 0 Å². The number of hydrogen-bond acceptors (Lipinski definition) is 0. The Bertz CT molecular complexity index is 283. The minimum absolute atomic E-state index is 0.541. The monoisotopic (exact) mass is 205 g/mol. The average Bonchev–Trinajstić information content (AvgIpc) is 2.80. The average molecular weight is 205 g/mol. The van der Waals surface area contributed by atoms with Crippen molar-refractivity contribution in [2.24, 2.45) is 22.7 Å². The van der Waals surface area contributed by atoms with Crippen LogP contribution in [0.5, 0.6) is 0 Å². The molecule has 0 aliphatic heterocycles. The standard InChI is InChI=1S/C14H26B/c1-9(2)13(7)11(5)14(13)8-12(14,6)15-10(3)4/h9-11H,8H2,1-7H3. The molecule has 0 saturated heterocycles. The van der Waals surface area contributed by atoms with E-state index in [1.807, 2.05) is 0 Å². The second-order valence-electron chi connectivity index (χ2n) is 7.14. The summed E-state index contributed by atoms with van der Waals surface area (Å²) in [4.78, 5) is 0. The highest BCUT2D eigenvalue weighted by molar-refractivity contribution is 6.44. The Morgan fingerprint density at radius 2 is 1.67 bits per heavy atom. The van der Waals surface area contributed by atoms with Crippen molar-refractivity contribution < 1.29 is 0 Å². The fourth-order valence-electron chi connectivity index (χ4n) is 4.91. The first kappa shape index (κ1) is 11.5. The molecule has 0 nitrogen and oxygen atoms in total. The molecule has 2 saturated carbocycles. The van der Waals surface area contributed by atoms with E-state index in [-0.39, 0.29) is 0 Å². The molecule has 0 aromatic rings. The molecule has 0 bridgehead atoms. The summed E-state index contributed by atoms with van der Waals surface area (Å²) in [5.41, 5.74) is 1.27. The van der Waals surface area contributed by atoms with Crippen LogP contribution in [0.4, 0.5) is 0 Å². The number of rotatable bonds is 3. The molecule has 2 aliphatic carbocycles. The molecule has 0 N–H and O–H groups in total. The van der Waals surface area contributed by atoms with Gasteiger partial charge in [0.1, 0.15) is 7.28 Å². The summed E-state index contributed by atoms with van der Waals surface area (Å²) in [5, 5.41) is 0.541. The minimum Gasteiger partial charge on any atom is -0.0738 e. The Kier molecular flexibility index (Phi) is 2.19. The fourth-order valence-corrected chi connectivity index (χ4v) is 4.91. The van der Waals surface area contributed by atoms with Crippen molar-refractivity contribution >= 4 is 7.28 Å². The third kappa shape index (κ3) is 1.10. The Balaban J connectivity index is 2.16. The van der Waals surface area contributed by atoms with Crippen molar-refractivity contribution in [3.8, 4) is 0 Å². The molecule has 1 heteroatoms. The molecule has 85 valence electrons. The molecule has 1 spiro atoms. The lowest BCUT2D eigenvalue weighted by Crippen LogP contribution is -2.14. The molecular weight excluding hydrogens is 179 g/mol. The Morgan fingerprint density at radius 3 is 2.00 bits per heavy atom. The van der Waals surface area contributed by atoms with E-state index in [0.29, 0.717) is 16.1 Å². The Morgan fingerprint density at radius 1 is 1.13 bits per heavy atom. The van der Waals surface area contributed by atoms with E-state index in [9.17, 15) is 0 Å². The molecule has 4 atom stereocenters. The summed E-state index contributed by atoms with van der Waals surface area (Å²) in [5.74, 6) is 2.48. The summed E-state index contributed by atoms with van der Waals surface area (Å²) in [6.45, 7) is 16.9.